The minimum absolute atomic E-state index is 0.453. The van der Waals surface area contributed by atoms with E-state index in [9.17, 15) is 9.90 Å². The third kappa shape index (κ3) is 3.69. The first-order chi connectivity index (χ1) is 8.57. The van der Waals surface area contributed by atoms with Crippen LogP contribution < -0.4 is 0 Å². The second-order valence-electron chi connectivity index (χ2n) is 5.31. The van der Waals surface area contributed by atoms with Crippen molar-refractivity contribution in [2.75, 3.05) is 39.3 Å². The van der Waals surface area contributed by atoms with Crippen molar-refractivity contribution in [1.82, 2.24) is 9.80 Å². The zero-order valence-electron chi connectivity index (χ0n) is 12.1. The molecule has 0 aromatic rings. The number of carboxylic acids is 1. The second-order valence-corrected chi connectivity index (χ2v) is 5.31. The summed E-state index contributed by atoms with van der Waals surface area (Å²) < 4.78 is 0. The van der Waals surface area contributed by atoms with Gasteiger partial charge in [0.15, 0.2) is 0 Å². The van der Waals surface area contributed by atoms with Gasteiger partial charge in [-0.2, -0.15) is 0 Å². The van der Waals surface area contributed by atoms with Crippen molar-refractivity contribution in [3.63, 3.8) is 0 Å². The van der Waals surface area contributed by atoms with Gasteiger partial charge in [-0.3, -0.25) is 4.79 Å². The van der Waals surface area contributed by atoms with E-state index in [0.717, 1.165) is 58.5 Å². The molecule has 1 aliphatic rings. The summed E-state index contributed by atoms with van der Waals surface area (Å²) in [5, 5.41) is 9.34. The maximum Gasteiger partial charge on any atom is 0.309 e. The third-order valence-electron chi connectivity index (χ3n) is 4.57. The molecule has 0 unspecified atom stereocenters. The lowest BCUT2D eigenvalue weighted by molar-refractivity contribution is -0.152. The molecule has 1 heterocycles. The van der Waals surface area contributed by atoms with Gasteiger partial charge in [-0.15, -0.1) is 0 Å². The van der Waals surface area contributed by atoms with Crippen LogP contribution in [0.3, 0.4) is 0 Å². The van der Waals surface area contributed by atoms with Crippen LogP contribution in [0.25, 0.3) is 0 Å². The number of carboxylic acid groups (broad SMARTS) is 1. The molecule has 18 heavy (non-hydrogen) atoms. The van der Waals surface area contributed by atoms with Crippen molar-refractivity contribution in [2.24, 2.45) is 5.41 Å². The maximum absolute atomic E-state index is 11.3. The van der Waals surface area contributed by atoms with Gasteiger partial charge in [-0.25, -0.2) is 0 Å². The fraction of sp³-hybridized carbons (Fsp3) is 0.929. The molecule has 1 saturated heterocycles. The van der Waals surface area contributed by atoms with Gasteiger partial charge in [0.1, 0.15) is 0 Å². The van der Waals surface area contributed by atoms with Crippen molar-refractivity contribution in [3.05, 3.63) is 0 Å². The Morgan fingerprint density at radius 3 is 2.17 bits per heavy atom. The zero-order chi connectivity index (χ0) is 13.6. The number of hydrogen-bond donors (Lipinski definition) is 1. The van der Waals surface area contributed by atoms with Gasteiger partial charge in [-0.1, -0.05) is 20.8 Å². The van der Waals surface area contributed by atoms with E-state index < -0.39 is 11.4 Å². The largest absolute Gasteiger partial charge is 0.481 e. The van der Waals surface area contributed by atoms with Crippen LogP contribution in [0.4, 0.5) is 0 Å². The van der Waals surface area contributed by atoms with Crippen molar-refractivity contribution in [1.29, 1.82) is 0 Å². The number of hydrogen-bond acceptors (Lipinski definition) is 3. The lowest BCUT2D eigenvalue weighted by Gasteiger charge is -2.38. The Hall–Kier alpha value is -0.610. The van der Waals surface area contributed by atoms with Crippen LogP contribution in [0, 0.1) is 5.41 Å². The third-order valence-corrected chi connectivity index (χ3v) is 4.57. The molecule has 1 fully saturated rings. The van der Waals surface area contributed by atoms with E-state index in [1.807, 2.05) is 6.92 Å². The standard InChI is InChI=1S/C14H28N2O2/c1-4-14(13(17)18)7-9-16(10-8-14)12-11-15(5-2)6-3/h4-12H2,1-3H3,(H,17,18). The Morgan fingerprint density at radius 2 is 1.78 bits per heavy atom. The van der Waals surface area contributed by atoms with Crippen LogP contribution >= 0.6 is 0 Å². The molecule has 4 nitrogen and oxygen atoms in total. The highest BCUT2D eigenvalue weighted by Gasteiger charge is 2.39. The smallest absolute Gasteiger partial charge is 0.309 e. The molecule has 0 radical (unpaired) electrons. The summed E-state index contributed by atoms with van der Waals surface area (Å²) in [4.78, 5) is 16.2. The van der Waals surface area contributed by atoms with Gasteiger partial charge >= 0.3 is 5.97 Å². The number of likely N-dealkylation sites (N-methyl/N-ethyl adjacent to an activating group) is 1. The number of piperidine rings is 1. The molecule has 0 aromatic carbocycles. The minimum Gasteiger partial charge on any atom is -0.481 e. The maximum atomic E-state index is 11.3. The van der Waals surface area contributed by atoms with E-state index in [2.05, 4.69) is 23.6 Å². The van der Waals surface area contributed by atoms with Gasteiger partial charge in [0.25, 0.3) is 0 Å². The highest BCUT2D eigenvalue weighted by molar-refractivity contribution is 5.74. The Balaban J connectivity index is 2.37. The quantitative estimate of drug-likeness (QED) is 0.755. The van der Waals surface area contributed by atoms with E-state index in [4.69, 9.17) is 0 Å². The average Bonchev–Trinajstić information content (AvgIpc) is 2.40. The molecule has 0 amide bonds. The van der Waals surface area contributed by atoms with Crippen LogP contribution in [0.2, 0.25) is 0 Å². The molecule has 1 rings (SSSR count). The first-order valence-electron chi connectivity index (χ1n) is 7.26. The summed E-state index contributed by atoms with van der Waals surface area (Å²) in [5.41, 5.74) is -0.453. The van der Waals surface area contributed by atoms with Crippen molar-refractivity contribution in [2.45, 2.75) is 40.0 Å². The van der Waals surface area contributed by atoms with Crippen LogP contribution in [-0.2, 0) is 4.79 Å². The number of carbonyl (C=O) groups is 1. The molecule has 106 valence electrons. The van der Waals surface area contributed by atoms with Gasteiger partial charge in [0.05, 0.1) is 5.41 Å². The predicted molar refractivity (Wildman–Crippen MR) is 73.8 cm³/mol. The first-order valence-corrected chi connectivity index (χ1v) is 7.26. The number of nitrogens with zero attached hydrogens (tertiary/aromatic N) is 2. The van der Waals surface area contributed by atoms with Crippen LogP contribution in [-0.4, -0.2) is 60.1 Å². The zero-order valence-corrected chi connectivity index (χ0v) is 12.1. The Labute approximate surface area is 111 Å². The molecular formula is C14H28N2O2. The predicted octanol–water partition coefficient (Wildman–Crippen LogP) is 1.91. The Bertz CT molecular complexity index is 257. The molecule has 0 atom stereocenters. The molecule has 1 N–H and O–H groups in total. The first kappa shape index (κ1) is 15.4. The lowest BCUT2D eigenvalue weighted by Crippen LogP contribution is -2.46. The summed E-state index contributed by atoms with van der Waals surface area (Å²) in [6, 6.07) is 0. The van der Waals surface area contributed by atoms with Crippen LogP contribution in [0.15, 0.2) is 0 Å². The number of aliphatic carboxylic acids is 1. The molecule has 0 spiro atoms. The summed E-state index contributed by atoms with van der Waals surface area (Å²) in [6.07, 6.45) is 2.36. The van der Waals surface area contributed by atoms with Gasteiger partial charge < -0.3 is 14.9 Å². The topological polar surface area (TPSA) is 43.8 Å². The van der Waals surface area contributed by atoms with Crippen LogP contribution in [0.1, 0.15) is 40.0 Å². The van der Waals surface area contributed by atoms with Gasteiger partial charge in [0, 0.05) is 13.1 Å². The summed E-state index contributed by atoms with van der Waals surface area (Å²) in [7, 11) is 0. The second kappa shape index (κ2) is 7.10. The van der Waals surface area contributed by atoms with E-state index in [1.165, 1.54) is 0 Å². The lowest BCUT2D eigenvalue weighted by atomic mass is 9.76. The molecule has 0 saturated carbocycles. The molecule has 0 aliphatic carbocycles. The summed E-state index contributed by atoms with van der Waals surface area (Å²) in [5.74, 6) is -0.603. The van der Waals surface area contributed by atoms with Gasteiger partial charge in [0.2, 0.25) is 0 Å². The summed E-state index contributed by atoms with van der Waals surface area (Å²) in [6.45, 7) is 12.6. The van der Waals surface area contributed by atoms with E-state index in [1.54, 1.807) is 0 Å². The van der Waals surface area contributed by atoms with Crippen molar-refractivity contribution >= 4 is 5.97 Å². The van der Waals surface area contributed by atoms with Crippen molar-refractivity contribution < 1.29 is 9.90 Å². The normalized spacial score (nSPS) is 20.2. The monoisotopic (exact) mass is 256 g/mol. The number of likely N-dealkylation sites (tertiary alicyclic amines) is 1. The molecule has 0 aromatic heterocycles. The fourth-order valence-electron chi connectivity index (χ4n) is 2.75. The summed E-state index contributed by atoms with van der Waals surface area (Å²) >= 11 is 0. The highest BCUT2D eigenvalue weighted by atomic mass is 16.4. The van der Waals surface area contributed by atoms with Gasteiger partial charge in [-0.05, 0) is 45.4 Å². The molecule has 1 aliphatic heterocycles. The number of rotatable bonds is 7. The van der Waals surface area contributed by atoms with E-state index >= 15 is 0 Å². The molecule has 4 heteroatoms. The Kier molecular flexibility index (Phi) is 6.09. The molecule has 0 bridgehead atoms. The minimum atomic E-state index is -0.603. The Morgan fingerprint density at radius 1 is 1.22 bits per heavy atom. The van der Waals surface area contributed by atoms with E-state index in [-0.39, 0.29) is 0 Å². The van der Waals surface area contributed by atoms with Crippen LogP contribution in [0.5, 0.6) is 0 Å². The van der Waals surface area contributed by atoms with Crippen molar-refractivity contribution in [3.8, 4) is 0 Å². The SMILES string of the molecule is CCN(CC)CCN1CCC(CC)(C(=O)O)CC1. The average molecular weight is 256 g/mol. The molecular weight excluding hydrogens is 228 g/mol. The van der Waals surface area contributed by atoms with E-state index in [0.29, 0.717) is 0 Å². The highest BCUT2D eigenvalue weighted by Crippen LogP contribution is 2.34. The fourth-order valence-corrected chi connectivity index (χ4v) is 2.75.